The Labute approximate surface area is 106 Å². The first-order chi connectivity index (χ1) is 7.79. The molecule has 1 aliphatic rings. The number of nitrogens with zero attached hydrogens (tertiary/aromatic N) is 1. The van der Waals surface area contributed by atoms with Crippen molar-refractivity contribution in [2.45, 2.75) is 25.8 Å². The van der Waals surface area contributed by atoms with Gasteiger partial charge >= 0.3 is 0 Å². The van der Waals surface area contributed by atoms with Gasteiger partial charge < -0.3 is 10.2 Å². The van der Waals surface area contributed by atoms with E-state index in [1.165, 1.54) is 18.5 Å². The summed E-state index contributed by atoms with van der Waals surface area (Å²) in [5, 5.41) is 3.59. The molecular formula is C13H19BrN2. The Morgan fingerprint density at radius 1 is 1.38 bits per heavy atom. The summed E-state index contributed by atoms with van der Waals surface area (Å²) in [6.45, 7) is 5.68. The molecule has 0 saturated carbocycles. The Balaban J connectivity index is 2.09. The Hall–Kier alpha value is -0.540. The van der Waals surface area contributed by atoms with Gasteiger partial charge in [-0.15, -0.1) is 0 Å². The normalized spacial score (nSPS) is 21.9. The highest BCUT2D eigenvalue weighted by Gasteiger charge is 2.16. The molecule has 1 fully saturated rings. The molecule has 3 heteroatoms. The molecule has 1 aromatic rings. The van der Waals surface area contributed by atoms with Crippen molar-refractivity contribution in [3.05, 3.63) is 28.7 Å². The smallest absolute Gasteiger partial charge is 0.0367 e. The molecule has 1 aliphatic heterocycles. The number of halogens is 1. The summed E-state index contributed by atoms with van der Waals surface area (Å²) in [5.41, 5.74) is 1.34. The van der Waals surface area contributed by atoms with Crippen LogP contribution in [0, 0.1) is 0 Å². The Morgan fingerprint density at radius 2 is 2.12 bits per heavy atom. The molecule has 1 saturated heterocycles. The van der Waals surface area contributed by atoms with Crippen molar-refractivity contribution in [2.75, 3.05) is 24.5 Å². The molecule has 1 N–H and O–H groups in total. The van der Waals surface area contributed by atoms with Crippen LogP contribution in [0.2, 0.25) is 0 Å². The number of benzene rings is 1. The summed E-state index contributed by atoms with van der Waals surface area (Å²) in [5.74, 6) is 0. The maximum absolute atomic E-state index is 3.59. The van der Waals surface area contributed by atoms with E-state index >= 15 is 0 Å². The molecule has 1 atom stereocenters. The molecule has 0 aliphatic carbocycles. The fraction of sp³-hybridized carbons (Fsp3) is 0.538. The number of hydrogen-bond acceptors (Lipinski definition) is 2. The van der Waals surface area contributed by atoms with Crippen LogP contribution < -0.4 is 10.2 Å². The van der Waals surface area contributed by atoms with Crippen molar-refractivity contribution in [1.29, 1.82) is 0 Å². The highest BCUT2D eigenvalue weighted by atomic mass is 79.9. The summed E-state index contributed by atoms with van der Waals surface area (Å²) in [6.07, 6.45) is 2.43. The van der Waals surface area contributed by atoms with Crippen molar-refractivity contribution in [3.8, 4) is 0 Å². The summed E-state index contributed by atoms with van der Waals surface area (Å²) in [4.78, 5) is 2.49. The molecule has 88 valence electrons. The van der Waals surface area contributed by atoms with Gasteiger partial charge in [-0.2, -0.15) is 0 Å². The van der Waals surface area contributed by atoms with Gasteiger partial charge in [0.1, 0.15) is 0 Å². The topological polar surface area (TPSA) is 15.3 Å². The second kappa shape index (κ2) is 5.69. The van der Waals surface area contributed by atoms with E-state index in [-0.39, 0.29) is 0 Å². The van der Waals surface area contributed by atoms with Crippen molar-refractivity contribution in [2.24, 2.45) is 0 Å². The molecular weight excluding hydrogens is 264 g/mol. The zero-order valence-electron chi connectivity index (χ0n) is 9.75. The number of nitrogens with one attached hydrogen (secondary N) is 1. The van der Waals surface area contributed by atoms with E-state index in [1.54, 1.807) is 0 Å². The van der Waals surface area contributed by atoms with Gasteiger partial charge in [0.15, 0.2) is 0 Å². The van der Waals surface area contributed by atoms with Gasteiger partial charge in [-0.1, -0.05) is 22.9 Å². The Bertz CT molecular complexity index is 323. The Morgan fingerprint density at radius 3 is 2.81 bits per heavy atom. The van der Waals surface area contributed by atoms with Gasteiger partial charge in [0.25, 0.3) is 0 Å². The van der Waals surface area contributed by atoms with Crippen LogP contribution in [0.4, 0.5) is 5.69 Å². The summed E-state index contributed by atoms with van der Waals surface area (Å²) >= 11 is 3.48. The summed E-state index contributed by atoms with van der Waals surface area (Å²) in [7, 11) is 0. The minimum absolute atomic E-state index is 0.631. The molecule has 0 amide bonds. The van der Waals surface area contributed by atoms with Crippen LogP contribution in [0.25, 0.3) is 0 Å². The van der Waals surface area contributed by atoms with Crippen molar-refractivity contribution in [3.63, 3.8) is 0 Å². The number of hydrogen-bond donors (Lipinski definition) is 1. The fourth-order valence-electron chi connectivity index (χ4n) is 2.16. The molecule has 1 aromatic carbocycles. The van der Waals surface area contributed by atoms with E-state index in [1.807, 2.05) is 0 Å². The lowest BCUT2D eigenvalue weighted by Gasteiger charge is -2.26. The molecule has 0 aromatic heterocycles. The third kappa shape index (κ3) is 2.98. The maximum Gasteiger partial charge on any atom is 0.0367 e. The maximum atomic E-state index is 3.59. The zero-order chi connectivity index (χ0) is 11.4. The third-order valence-electron chi connectivity index (χ3n) is 3.16. The van der Waals surface area contributed by atoms with Gasteiger partial charge in [-0.05, 0) is 43.7 Å². The second-order valence-corrected chi connectivity index (χ2v) is 5.25. The van der Waals surface area contributed by atoms with Crippen LogP contribution >= 0.6 is 15.9 Å². The molecule has 0 radical (unpaired) electrons. The van der Waals surface area contributed by atoms with Crippen LogP contribution in [0.3, 0.4) is 0 Å². The largest absolute Gasteiger partial charge is 0.370 e. The fourth-order valence-corrected chi connectivity index (χ4v) is 2.42. The lowest BCUT2D eigenvalue weighted by atomic mass is 10.2. The van der Waals surface area contributed by atoms with Crippen LogP contribution in [-0.4, -0.2) is 25.7 Å². The lowest BCUT2D eigenvalue weighted by molar-refractivity contribution is 0.528. The van der Waals surface area contributed by atoms with E-state index in [0.29, 0.717) is 6.04 Å². The molecule has 0 bridgehead atoms. The van der Waals surface area contributed by atoms with E-state index in [9.17, 15) is 0 Å². The third-order valence-corrected chi connectivity index (χ3v) is 3.69. The minimum Gasteiger partial charge on any atom is -0.370 e. The first kappa shape index (κ1) is 11.9. The van der Waals surface area contributed by atoms with E-state index in [2.05, 4.69) is 57.3 Å². The number of rotatable bonds is 2. The molecule has 16 heavy (non-hydrogen) atoms. The second-order valence-electron chi connectivity index (χ2n) is 4.34. The highest BCUT2D eigenvalue weighted by Crippen LogP contribution is 2.20. The van der Waals surface area contributed by atoms with E-state index < -0.39 is 0 Å². The van der Waals surface area contributed by atoms with Gasteiger partial charge in [0.2, 0.25) is 0 Å². The van der Waals surface area contributed by atoms with Crippen LogP contribution in [0.15, 0.2) is 28.7 Å². The predicted molar refractivity (Wildman–Crippen MR) is 73.1 cm³/mol. The SMILES string of the molecule is CCC1CN(c2ccc(Br)cc2)CCCN1. The van der Waals surface area contributed by atoms with Crippen molar-refractivity contribution >= 4 is 21.6 Å². The number of anilines is 1. The van der Waals surface area contributed by atoms with Crippen LogP contribution in [-0.2, 0) is 0 Å². The average Bonchev–Trinajstić information content (AvgIpc) is 2.55. The van der Waals surface area contributed by atoms with Gasteiger partial charge in [-0.25, -0.2) is 0 Å². The molecule has 0 spiro atoms. The minimum atomic E-state index is 0.631. The summed E-state index contributed by atoms with van der Waals surface area (Å²) in [6, 6.07) is 9.26. The lowest BCUT2D eigenvalue weighted by Crippen LogP contribution is -2.37. The predicted octanol–water partition coefficient (Wildman–Crippen LogP) is 3.03. The standard InChI is InChI=1S/C13H19BrN2/c1-2-12-10-16(9-3-8-15-12)13-6-4-11(14)5-7-13/h4-7,12,15H,2-3,8-10H2,1H3. The van der Waals surface area contributed by atoms with Gasteiger partial charge in [0.05, 0.1) is 0 Å². The van der Waals surface area contributed by atoms with Crippen LogP contribution in [0.5, 0.6) is 0 Å². The molecule has 1 heterocycles. The zero-order valence-corrected chi connectivity index (χ0v) is 11.3. The first-order valence-electron chi connectivity index (χ1n) is 6.03. The summed E-state index contributed by atoms with van der Waals surface area (Å²) < 4.78 is 1.15. The first-order valence-corrected chi connectivity index (χ1v) is 6.83. The quantitative estimate of drug-likeness (QED) is 0.897. The monoisotopic (exact) mass is 282 g/mol. The molecule has 2 rings (SSSR count). The Kier molecular flexibility index (Phi) is 4.24. The van der Waals surface area contributed by atoms with E-state index in [4.69, 9.17) is 0 Å². The average molecular weight is 283 g/mol. The molecule has 1 unspecified atom stereocenters. The van der Waals surface area contributed by atoms with Crippen molar-refractivity contribution < 1.29 is 0 Å². The molecule has 2 nitrogen and oxygen atoms in total. The van der Waals surface area contributed by atoms with Gasteiger partial charge in [-0.3, -0.25) is 0 Å². The van der Waals surface area contributed by atoms with Crippen molar-refractivity contribution in [1.82, 2.24) is 5.32 Å². The highest BCUT2D eigenvalue weighted by molar-refractivity contribution is 9.10. The van der Waals surface area contributed by atoms with E-state index in [0.717, 1.165) is 24.1 Å². The van der Waals surface area contributed by atoms with Crippen LogP contribution in [0.1, 0.15) is 19.8 Å². The van der Waals surface area contributed by atoms with Gasteiger partial charge in [0, 0.05) is 29.3 Å².